The molecule has 1 unspecified atom stereocenters. The van der Waals surface area contributed by atoms with Gasteiger partial charge in [-0.2, -0.15) is 0 Å². The molecule has 1 atom stereocenters. The van der Waals surface area contributed by atoms with Crippen molar-refractivity contribution in [3.8, 4) is 0 Å². The monoisotopic (exact) mass is 728 g/mol. The molecule has 0 saturated carbocycles. The van der Waals surface area contributed by atoms with Gasteiger partial charge in [-0.25, -0.2) is 0 Å². The van der Waals surface area contributed by atoms with E-state index < -0.39 is 36.8 Å². The van der Waals surface area contributed by atoms with Gasteiger partial charge in [-0.1, -0.05) is 0 Å². The van der Waals surface area contributed by atoms with Crippen LogP contribution in [0.2, 0.25) is 28.6 Å². The summed E-state index contributed by atoms with van der Waals surface area (Å²) in [6, 6.07) is 11.1. The van der Waals surface area contributed by atoms with Gasteiger partial charge in [0.05, 0.1) is 0 Å². The summed E-state index contributed by atoms with van der Waals surface area (Å²) < 4.78 is 10.3. The summed E-state index contributed by atoms with van der Waals surface area (Å²) in [7, 11) is 0. The molecule has 0 fully saturated rings. The van der Waals surface area contributed by atoms with Gasteiger partial charge in [0.1, 0.15) is 0 Å². The summed E-state index contributed by atoms with van der Waals surface area (Å²) in [5.41, 5.74) is 1.41. The first-order valence-electron chi connectivity index (χ1n) is 16.5. The van der Waals surface area contributed by atoms with Gasteiger partial charge in [0, 0.05) is 0 Å². The number of aldehydes is 1. The Kier molecular flexibility index (Phi) is 20.4. The van der Waals surface area contributed by atoms with E-state index in [-0.39, 0.29) is 0 Å². The van der Waals surface area contributed by atoms with Crippen molar-refractivity contribution in [2.45, 2.75) is 154 Å². The molecule has 0 aliphatic rings. The number of hydrogen-bond donors (Lipinski definition) is 0. The molecular weight excluding hydrogens is 662 g/mol. The van der Waals surface area contributed by atoms with Gasteiger partial charge in [0.25, 0.3) is 0 Å². The van der Waals surface area contributed by atoms with Gasteiger partial charge in [-0.05, 0) is 0 Å². The third-order valence-electron chi connectivity index (χ3n) is 9.41. The maximum atomic E-state index is 13.4. The fraction of sp³-hybridized carbons (Fsp3) is 0.794. The molecule has 214 valence electrons. The van der Waals surface area contributed by atoms with E-state index in [0.717, 1.165) is 8.37 Å². The second-order valence-electron chi connectivity index (χ2n) is 12.3. The van der Waals surface area contributed by atoms with Crippen LogP contribution in [-0.4, -0.2) is 43.0 Å². The molecule has 1 nitrogen and oxygen atoms in total. The Bertz CT molecular complexity index is 598. The molecule has 1 aromatic carbocycles. The molecule has 0 bridgehead atoms. The third kappa shape index (κ3) is 11.9. The Morgan fingerprint density at radius 2 is 0.892 bits per heavy atom. The van der Waals surface area contributed by atoms with Gasteiger partial charge >= 0.3 is 243 Å². The van der Waals surface area contributed by atoms with Crippen molar-refractivity contribution < 1.29 is 4.79 Å². The van der Waals surface area contributed by atoms with Crippen molar-refractivity contribution in [2.24, 2.45) is 5.92 Å². The second-order valence-corrected chi connectivity index (χ2v) is 44.7. The van der Waals surface area contributed by atoms with Crippen LogP contribution in [0.15, 0.2) is 30.3 Å². The molecule has 0 spiro atoms. The van der Waals surface area contributed by atoms with E-state index in [9.17, 15) is 4.79 Å². The molecule has 0 aromatic heterocycles. The van der Waals surface area contributed by atoms with Gasteiger partial charge < -0.3 is 0 Å². The van der Waals surface area contributed by atoms with Crippen LogP contribution in [0.1, 0.15) is 124 Å². The third-order valence-corrected chi connectivity index (χ3v) is 65.9. The van der Waals surface area contributed by atoms with Crippen molar-refractivity contribution in [3.05, 3.63) is 35.9 Å². The normalized spacial score (nSPS) is 13.3. The minimum absolute atomic E-state index is 0.296. The molecule has 0 heterocycles. The standard InChI is InChI=1S/C10H10O.6C4H9.2Sn/c1-9(8-11)7-10-5-3-2-4-6-10;6*1-3-4-2;;/h1-6,8-9H,7H2;6*1,3-4H2,2H3;;. The summed E-state index contributed by atoms with van der Waals surface area (Å²) in [4.78, 5) is 13.4. The summed E-state index contributed by atoms with van der Waals surface area (Å²) in [6.45, 7) is 14.5. The summed E-state index contributed by atoms with van der Waals surface area (Å²) >= 11 is -5.36. The van der Waals surface area contributed by atoms with Crippen LogP contribution in [0.5, 0.6) is 0 Å². The Morgan fingerprint density at radius 3 is 1.16 bits per heavy atom. The molecule has 0 aliphatic heterocycles. The van der Waals surface area contributed by atoms with E-state index in [2.05, 4.69) is 71.9 Å². The molecular formula is C34H64OSn2. The Balaban J connectivity index is 3.87. The minimum atomic E-state index is -2.68. The van der Waals surface area contributed by atoms with Crippen molar-refractivity contribution in [1.29, 1.82) is 0 Å². The van der Waals surface area contributed by atoms with Gasteiger partial charge in [-0.3, -0.25) is 0 Å². The van der Waals surface area contributed by atoms with Crippen LogP contribution in [0, 0.1) is 5.92 Å². The molecule has 0 saturated heterocycles. The fourth-order valence-corrected chi connectivity index (χ4v) is 86.7. The average Bonchev–Trinajstić information content (AvgIpc) is 2.94. The van der Waals surface area contributed by atoms with Crippen molar-refractivity contribution in [2.75, 3.05) is 0 Å². The Hall–Kier alpha value is 0.487. The zero-order valence-electron chi connectivity index (χ0n) is 26.0. The van der Waals surface area contributed by atoms with E-state index in [1.807, 2.05) is 0 Å². The van der Waals surface area contributed by atoms with Crippen molar-refractivity contribution in [1.82, 2.24) is 0 Å². The first-order chi connectivity index (χ1) is 18.0. The van der Waals surface area contributed by atoms with Crippen LogP contribution in [0.4, 0.5) is 0 Å². The molecule has 37 heavy (non-hydrogen) atoms. The number of unbranched alkanes of at least 4 members (excludes halogenated alkanes) is 6. The topological polar surface area (TPSA) is 17.1 Å². The average molecular weight is 726 g/mol. The summed E-state index contributed by atoms with van der Waals surface area (Å²) in [5, 5.41) is 0. The van der Waals surface area contributed by atoms with E-state index >= 15 is 0 Å². The molecule has 1 aromatic rings. The van der Waals surface area contributed by atoms with E-state index in [4.69, 9.17) is 0 Å². The van der Waals surface area contributed by atoms with Gasteiger partial charge in [-0.15, -0.1) is 0 Å². The van der Waals surface area contributed by atoms with Crippen LogP contribution < -0.4 is 0 Å². The van der Waals surface area contributed by atoms with Crippen LogP contribution in [0.25, 0.3) is 0 Å². The summed E-state index contributed by atoms with van der Waals surface area (Å²) in [5.74, 6) is 0.296. The number of benzene rings is 1. The number of rotatable bonds is 24. The summed E-state index contributed by atoms with van der Waals surface area (Å²) in [6.07, 6.45) is 19.1. The van der Waals surface area contributed by atoms with Crippen LogP contribution in [0.3, 0.4) is 0 Å². The zero-order valence-corrected chi connectivity index (χ0v) is 31.7. The molecule has 1 rings (SSSR count). The predicted molar refractivity (Wildman–Crippen MR) is 173 cm³/mol. The van der Waals surface area contributed by atoms with Crippen molar-refractivity contribution >= 4 is 43.0 Å². The SMILES string of the molecule is CCC[CH2][Sn]([CH2]CCC)([CH2]CCC)[CH](C(C=O)Cc1ccccc1)[Sn]([CH2]CCC)([CH2]CCC)[CH2]CCC. The van der Waals surface area contributed by atoms with Crippen LogP contribution >= 0.6 is 0 Å². The quantitative estimate of drug-likeness (QED) is 0.0766. The van der Waals surface area contributed by atoms with E-state index in [1.54, 1.807) is 26.6 Å². The number of carbonyl (C=O) groups excluding carboxylic acids is 1. The Morgan fingerprint density at radius 1 is 0.568 bits per heavy atom. The predicted octanol–water partition coefficient (Wildman–Crippen LogP) is 11.7. The molecule has 0 aliphatic carbocycles. The first kappa shape index (κ1) is 35.5. The molecule has 0 N–H and O–H groups in total. The van der Waals surface area contributed by atoms with Crippen molar-refractivity contribution in [3.63, 3.8) is 0 Å². The first-order valence-corrected chi connectivity index (χ1v) is 31.9. The van der Waals surface area contributed by atoms with Gasteiger partial charge in [0.15, 0.2) is 0 Å². The number of hydrogen-bond acceptors (Lipinski definition) is 1. The maximum absolute atomic E-state index is 13.4. The van der Waals surface area contributed by atoms with Crippen LogP contribution in [-0.2, 0) is 11.2 Å². The van der Waals surface area contributed by atoms with Gasteiger partial charge in [0.2, 0.25) is 0 Å². The zero-order chi connectivity index (χ0) is 27.4. The number of carbonyl (C=O) groups is 1. The molecule has 3 heteroatoms. The van der Waals surface area contributed by atoms with E-state index in [1.165, 1.54) is 88.9 Å². The molecule has 0 amide bonds. The fourth-order valence-electron chi connectivity index (χ4n) is 7.54. The van der Waals surface area contributed by atoms with E-state index in [0.29, 0.717) is 5.92 Å². The Labute approximate surface area is 241 Å². The second kappa shape index (κ2) is 21.3. The molecule has 0 radical (unpaired) electrons.